The molecule has 0 heterocycles. The molecule has 0 saturated heterocycles. The van der Waals surface area contributed by atoms with Gasteiger partial charge in [0.25, 0.3) is 0 Å². The van der Waals surface area contributed by atoms with Crippen molar-refractivity contribution in [3.63, 3.8) is 0 Å². The lowest BCUT2D eigenvalue weighted by Crippen LogP contribution is -2.20. The Balaban J connectivity index is 2.03. The van der Waals surface area contributed by atoms with Gasteiger partial charge in [-0.05, 0) is 43.7 Å². The van der Waals surface area contributed by atoms with Crippen LogP contribution in [0.15, 0.2) is 48.5 Å². The number of aryl methyl sites for hydroxylation is 1. The SMILES string of the molecule is Cc1cccc(C(C)Nc2ccc(N(C)CCO)cc2)c1. The lowest BCUT2D eigenvalue weighted by Gasteiger charge is -2.20. The second-order valence-electron chi connectivity index (χ2n) is 5.47. The van der Waals surface area contributed by atoms with E-state index < -0.39 is 0 Å². The van der Waals surface area contributed by atoms with Gasteiger partial charge in [-0.1, -0.05) is 29.8 Å². The Labute approximate surface area is 127 Å². The van der Waals surface area contributed by atoms with Gasteiger partial charge >= 0.3 is 0 Å². The zero-order valence-corrected chi connectivity index (χ0v) is 13.0. The van der Waals surface area contributed by atoms with Crippen LogP contribution in [-0.4, -0.2) is 25.3 Å². The molecule has 0 fully saturated rings. The first-order valence-corrected chi connectivity index (χ1v) is 7.35. The summed E-state index contributed by atoms with van der Waals surface area (Å²) in [5.41, 5.74) is 4.78. The Bertz CT molecular complexity index is 566. The van der Waals surface area contributed by atoms with Crippen molar-refractivity contribution in [3.05, 3.63) is 59.7 Å². The average Bonchev–Trinajstić information content (AvgIpc) is 2.48. The average molecular weight is 284 g/mol. The second kappa shape index (κ2) is 7.14. The minimum atomic E-state index is 0.168. The van der Waals surface area contributed by atoms with Crippen LogP contribution in [0.25, 0.3) is 0 Å². The van der Waals surface area contributed by atoms with Crippen molar-refractivity contribution in [1.29, 1.82) is 0 Å². The Kier molecular flexibility index (Phi) is 5.23. The molecule has 112 valence electrons. The van der Waals surface area contributed by atoms with E-state index in [0.29, 0.717) is 6.54 Å². The molecule has 0 aliphatic heterocycles. The van der Waals surface area contributed by atoms with Crippen molar-refractivity contribution in [2.24, 2.45) is 0 Å². The van der Waals surface area contributed by atoms with Crippen LogP contribution in [0.1, 0.15) is 24.1 Å². The third kappa shape index (κ3) is 4.23. The van der Waals surface area contributed by atoms with Gasteiger partial charge in [-0.25, -0.2) is 0 Å². The molecular formula is C18H24N2O. The van der Waals surface area contributed by atoms with Crippen LogP contribution in [-0.2, 0) is 0 Å². The number of anilines is 2. The minimum Gasteiger partial charge on any atom is -0.395 e. The van der Waals surface area contributed by atoms with E-state index in [1.165, 1.54) is 11.1 Å². The van der Waals surface area contributed by atoms with E-state index in [2.05, 4.69) is 67.7 Å². The molecule has 0 amide bonds. The number of rotatable bonds is 6. The molecule has 0 radical (unpaired) electrons. The maximum atomic E-state index is 8.97. The second-order valence-corrected chi connectivity index (χ2v) is 5.47. The first-order valence-electron chi connectivity index (χ1n) is 7.35. The van der Waals surface area contributed by atoms with Gasteiger partial charge in [0.15, 0.2) is 0 Å². The predicted molar refractivity (Wildman–Crippen MR) is 90.0 cm³/mol. The van der Waals surface area contributed by atoms with Gasteiger partial charge in [0, 0.05) is 31.0 Å². The molecule has 0 aliphatic carbocycles. The van der Waals surface area contributed by atoms with Crippen molar-refractivity contribution in [3.8, 4) is 0 Å². The van der Waals surface area contributed by atoms with Crippen LogP contribution < -0.4 is 10.2 Å². The molecular weight excluding hydrogens is 260 g/mol. The van der Waals surface area contributed by atoms with Crippen molar-refractivity contribution < 1.29 is 5.11 Å². The number of benzene rings is 2. The normalized spacial score (nSPS) is 12.0. The number of hydrogen-bond donors (Lipinski definition) is 2. The summed E-state index contributed by atoms with van der Waals surface area (Å²) in [6.45, 7) is 5.09. The fourth-order valence-electron chi connectivity index (χ4n) is 2.36. The third-order valence-corrected chi connectivity index (χ3v) is 3.67. The van der Waals surface area contributed by atoms with Crippen molar-refractivity contribution in [2.45, 2.75) is 19.9 Å². The van der Waals surface area contributed by atoms with Gasteiger partial charge in [-0.15, -0.1) is 0 Å². The molecule has 2 rings (SSSR count). The van der Waals surface area contributed by atoms with Crippen LogP contribution in [0.2, 0.25) is 0 Å². The van der Waals surface area contributed by atoms with E-state index in [1.54, 1.807) is 0 Å². The zero-order chi connectivity index (χ0) is 15.2. The summed E-state index contributed by atoms with van der Waals surface area (Å²) < 4.78 is 0. The number of likely N-dealkylation sites (N-methyl/N-ethyl adjacent to an activating group) is 1. The first kappa shape index (κ1) is 15.4. The largest absolute Gasteiger partial charge is 0.395 e. The van der Waals surface area contributed by atoms with E-state index in [9.17, 15) is 0 Å². The van der Waals surface area contributed by atoms with Gasteiger partial charge in [-0.2, -0.15) is 0 Å². The number of nitrogens with one attached hydrogen (secondary N) is 1. The summed E-state index contributed by atoms with van der Waals surface area (Å²) in [7, 11) is 1.98. The van der Waals surface area contributed by atoms with Crippen LogP contribution in [0.5, 0.6) is 0 Å². The zero-order valence-electron chi connectivity index (χ0n) is 13.0. The Morgan fingerprint density at radius 2 is 1.86 bits per heavy atom. The minimum absolute atomic E-state index is 0.168. The van der Waals surface area contributed by atoms with Crippen LogP contribution in [0.3, 0.4) is 0 Å². The number of nitrogens with zero attached hydrogens (tertiary/aromatic N) is 1. The number of aliphatic hydroxyl groups excluding tert-OH is 1. The molecule has 0 spiro atoms. The van der Waals surface area contributed by atoms with Gasteiger partial charge in [0.05, 0.1) is 6.61 Å². The van der Waals surface area contributed by atoms with Gasteiger partial charge < -0.3 is 15.3 Å². The lowest BCUT2D eigenvalue weighted by atomic mass is 10.1. The van der Waals surface area contributed by atoms with E-state index in [-0.39, 0.29) is 12.6 Å². The third-order valence-electron chi connectivity index (χ3n) is 3.67. The van der Waals surface area contributed by atoms with Crippen molar-refractivity contribution in [1.82, 2.24) is 0 Å². The summed E-state index contributed by atoms with van der Waals surface area (Å²) in [5.74, 6) is 0. The molecule has 0 bridgehead atoms. The summed E-state index contributed by atoms with van der Waals surface area (Å²) in [6, 6.07) is 17.1. The molecule has 1 unspecified atom stereocenters. The van der Waals surface area contributed by atoms with Gasteiger partial charge in [0.1, 0.15) is 0 Å². The molecule has 3 nitrogen and oxygen atoms in total. The quantitative estimate of drug-likeness (QED) is 0.851. The van der Waals surface area contributed by atoms with E-state index in [0.717, 1.165) is 11.4 Å². The summed E-state index contributed by atoms with van der Waals surface area (Å²) in [5, 5.41) is 12.5. The molecule has 0 aliphatic rings. The summed E-state index contributed by atoms with van der Waals surface area (Å²) in [4.78, 5) is 2.04. The van der Waals surface area contributed by atoms with E-state index >= 15 is 0 Å². The molecule has 2 aromatic carbocycles. The molecule has 21 heavy (non-hydrogen) atoms. The highest BCUT2D eigenvalue weighted by molar-refractivity contribution is 5.55. The van der Waals surface area contributed by atoms with Crippen molar-refractivity contribution in [2.75, 3.05) is 30.4 Å². The van der Waals surface area contributed by atoms with Crippen LogP contribution in [0.4, 0.5) is 11.4 Å². The fourth-order valence-corrected chi connectivity index (χ4v) is 2.36. The molecule has 0 saturated carbocycles. The predicted octanol–water partition coefficient (Wildman–Crippen LogP) is 3.60. The molecule has 1 atom stereocenters. The van der Waals surface area contributed by atoms with Gasteiger partial charge in [0.2, 0.25) is 0 Å². The van der Waals surface area contributed by atoms with E-state index in [1.807, 2.05) is 11.9 Å². The Morgan fingerprint density at radius 3 is 2.48 bits per heavy atom. The highest BCUT2D eigenvalue weighted by atomic mass is 16.3. The maximum Gasteiger partial charge on any atom is 0.0606 e. The topological polar surface area (TPSA) is 35.5 Å². The Hall–Kier alpha value is -2.00. The van der Waals surface area contributed by atoms with Crippen LogP contribution >= 0.6 is 0 Å². The smallest absolute Gasteiger partial charge is 0.0606 e. The maximum absolute atomic E-state index is 8.97. The highest BCUT2D eigenvalue weighted by Crippen LogP contribution is 2.22. The lowest BCUT2D eigenvalue weighted by molar-refractivity contribution is 0.304. The van der Waals surface area contributed by atoms with Crippen LogP contribution in [0, 0.1) is 6.92 Å². The summed E-state index contributed by atoms with van der Waals surface area (Å²) >= 11 is 0. The monoisotopic (exact) mass is 284 g/mol. The highest BCUT2D eigenvalue weighted by Gasteiger charge is 2.06. The Morgan fingerprint density at radius 1 is 1.14 bits per heavy atom. The molecule has 2 N–H and O–H groups in total. The standard InChI is InChI=1S/C18H24N2O/c1-14-5-4-6-16(13-14)15(2)19-17-7-9-18(10-8-17)20(3)11-12-21/h4-10,13,15,19,21H,11-12H2,1-3H3. The van der Waals surface area contributed by atoms with Gasteiger partial charge in [-0.3, -0.25) is 0 Å². The number of aliphatic hydroxyl groups is 1. The molecule has 2 aromatic rings. The first-order chi connectivity index (χ1) is 10.1. The summed E-state index contributed by atoms with van der Waals surface area (Å²) in [6.07, 6.45) is 0. The molecule has 3 heteroatoms. The van der Waals surface area contributed by atoms with E-state index in [4.69, 9.17) is 5.11 Å². The number of hydrogen-bond acceptors (Lipinski definition) is 3. The molecule has 0 aromatic heterocycles. The fraction of sp³-hybridized carbons (Fsp3) is 0.333. The van der Waals surface area contributed by atoms with Crippen molar-refractivity contribution >= 4 is 11.4 Å².